The summed E-state index contributed by atoms with van der Waals surface area (Å²) in [5.41, 5.74) is 0. The lowest BCUT2D eigenvalue weighted by molar-refractivity contribution is -0.146. The Morgan fingerprint density at radius 2 is 1.86 bits per heavy atom. The molecule has 0 radical (unpaired) electrons. The van der Waals surface area contributed by atoms with Gasteiger partial charge in [-0.05, 0) is 32.7 Å². The topological polar surface area (TPSA) is 52.7 Å². The molecule has 0 aromatic carbocycles. The number of nitrogens with one attached hydrogen (secondary N) is 1. The number of hydrogen-bond acceptors (Lipinski definition) is 4. The number of carbonyl (C=O) groups is 2. The van der Waals surface area contributed by atoms with Crippen LogP contribution < -0.4 is 5.32 Å². The van der Waals surface area contributed by atoms with E-state index >= 15 is 0 Å². The lowest BCUT2D eigenvalue weighted by Gasteiger charge is -2.36. The van der Waals surface area contributed by atoms with Crippen LogP contribution in [0.4, 0.5) is 0 Å². The van der Waals surface area contributed by atoms with Gasteiger partial charge in [-0.15, -0.1) is 11.8 Å². The van der Waals surface area contributed by atoms with Gasteiger partial charge in [-0.3, -0.25) is 9.59 Å². The van der Waals surface area contributed by atoms with Crippen molar-refractivity contribution in [3.8, 4) is 0 Å². The van der Waals surface area contributed by atoms with Crippen molar-refractivity contribution < 1.29 is 9.59 Å². The van der Waals surface area contributed by atoms with Crippen molar-refractivity contribution in [3.05, 3.63) is 0 Å². The molecular formula is C16H27N3O2S. The van der Waals surface area contributed by atoms with Crippen molar-refractivity contribution in [2.24, 2.45) is 5.92 Å². The fourth-order valence-electron chi connectivity index (χ4n) is 3.90. The van der Waals surface area contributed by atoms with Gasteiger partial charge in [0.2, 0.25) is 11.8 Å². The highest BCUT2D eigenvalue weighted by atomic mass is 32.2. The third-order valence-electron chi connectivity index (χ3n) is 5.30. The second-order valence-corrected chi connectivity index (χ2v) is 7.72. The van der Waals surface area contributed by atoms with E-state index in [1.54, 1.807) is 11.8 Å². The maximum atomic E-state index is 12.9. The Bertz CT molecular complexity index is 426. The van der Waals surface area contributed by atoms with E-state index in [1.807, 2.05) is 16.8 Å². The van der Waals surface area contributed by atoms with Crippen molar-refractivity contribution in [1.29, 1.82) is 0 Å². The lowest BCUT2D eigenvalue weighted by atomic mass is 10.0. The lowest BCUT2D eigenvalue weighted by Crippen LogP contribution is -2.54. The molecule has 0 aromatic rings. The molecular weight excluding hydrogens is 298 g/mol. The second kappa shape index (κ2) is 7.21. The molecule has 1 aliphatic carbocycles. The number of carbonyl (C=O) groups excluding carboxylic acids is 2. The maximum absolute atomic E-state index is 12.9. The van der Waals surface area contributed by atoms with Crippen LogP contribution in [-0.2, 0) is 9.59 Å². The number of nitrogens with zero attached hydrogens (tertiary/aromatic N) is 2. The van der Waals surface area contributed by atoms with E-state index < -0.39 is 0 Å². The van der Waals surface area contributed by atoms with Gasteiger partial charge in [0.25, 0.3) is 0 Å². The number of thioether (sulfide) groups is 1. The number of piperidine rings is 1. The highest BCUT2D eigenvalue weighted by Gasteiger charge is 2.40. The Morgan fingerprint density at radius 1 is 1.09 bits per heavy atom. The van der Waals surface area contributed by atoms with Gasteiger partial charge in [-0.1, -0.05) is 12.8 Å². The average Bonchev–Trinajstić information content (AvgIpc) is 3.24. The SMILES string of the molecule is CNC1CCCN(C(=O)C2CSCN2C(=O)C2CCCC2)C1. The molecule has 2 heterocycles. The zero-order chi connectivity index (χ0) is 15.5. The van der Waals surface area contributed by atoms with E-state index in [2.05, 4.69) is 5.32 Å². The molecule has 124 valence electrons. The highest BCUT2D eigenvalue weighted by Crippen LogP contribution is 2.31. The summed E-state index contributed by atoms with van der Waals surface area (Å²) in [6.07, 6.45) is 6.51. The predicted molar refractivity (Wildman–Crippen MR) is 88.6 cm³/mol. The van der Waals surface area contributed by atoms with Crippen molar-refractivity contribution in [3.63, 3.8) is 0 Å². The molecule has 2 amide bonds. The molecule has 0 aromatic heterocycles. The summed E-state index contributed by atoms with van der Waals surface area (Å²) in [7, 11) is 1.96. The first-order valence-electron chi connectivity index (χ1n) is 8.55. The first-order valence-corrected chi connectivity index (χ1v) is 9.70. The summed E-state index contributed by atoms with van der Waals surface area (Å²) in [4.78, 5) is 29.4. The minimum atomic E-state index is -0.228. The van der Waals surface area contributed by atoms with Crippen LogP contribution in [0.15, 0.2) is 0 Å². The van der Waals surface area contributed by atoms with Gasteiger partial charge >= 0.3 is 0 Å². The van der Waals surface area contributed by atoms with E-state index in [0.29, 0.717) is 11.9 Å². The van der Waals surface area contributed by atoms with E-state index in [1.165, 1.54) is 0 Å². The van der Waals surface area contributed by atoms with Gasteiger partial charge in [0, 0.05) is 30.8 Å². The van der Waals surface area contributed by atoms with Crippen LogP contribution in [0.1, 0.15) is 38.5 Å². The summed E-state index contributed by atoms with van der Waals surface area (Å²) in [6.45, 7) is 1.62. The summed E-state index contributed by atoms with van der Waals surface area (Å²) >= 11 is 1.72. The quantitative estimate of drug-likeness (QED) is 0.849. The van der Waals surface area contributed by atoms with Gasteiger partial charge in [0.15, 0.2) is 0 Å². The van der Waals surface area contributed by atoms with Gasteiger partial charge in [0.05, 0.1) is 5.88 Å². The monoisotopic (exact) mass is 325 g/mol. The molecule has 2 aliphatic heterocycles. The van der Waals surface area contributed by atoms with Crippen molar-refractivity contribution in [2.45, 2.75) is 50.6 Å². The molecule has 3 aliphatic rings. The van der Waals surface area contributed by atoms with Crippen molar-refractivity contribution in [2.75, 3.05) is 31.8 Å². The van der Waals surface area contributed by atoms with Gasteiger partial charge in [0.1, 0.15) is 6.04 Å². The zero-order valence-corrected chi connectivity index (χ0v) is 14.2. The highest BCUT2D eigenvalue weighted by molar-refractivity contribution is 7.99. The van der Waals surface area contributed by atoms with Crippen LogP contribution in [0.25, 0.3) is 0 Å². The third-order valence-corrected chi connectivity index (χ3v) is 6.31. The zero-order valence-electron chi connectivity index (χ0n) is 13.4. The Balaban J connectivity index is 1.64. The number of likely N-dealkylation sites (tertiary alicyclic amines) is 1. The Kier molecular flexibility index (Phi) is 5.29. The normalized spacial score (nSPS) is 30.0. The standard InChI is InChI=1S/C16H27N3O2S/c1-17-13-7-4-8-18(9-13)16(21)14-10-22-11-19(14)15(20)12-5-2-3-6-12/h12-14,17H,2-11H2,1H3. The number of likely N-dealkylation sites (N-methyl/N-ethyl adjacent to an activating group) is 1. The average molecular weight is 325 g/mol. The summed E-state index contributed by atoms with van der Waals surface area (Å²) in [5.74, 6) is 2.01. The molecule has 22 heavy (non-hydrogen) atoms. The van der Waals surface area contributed by atoms with E-state index in [0.717, 1.165) is 57.4 Å². The minimum absolute atomic E-state index is 0.163. The molecule has 1 N–H and O–H groups in total. The molecule has 0 spiro atoms. The Labute approximate surface area is 137 Å². The van der Waals surface area contributed by atoms with Crippen LogP contribution in [0, 0.1) is 5.92 Å². The van der Waals surface area contributed by atoms with E-state index in [4.69, 9.17) is 0 Å². The first-order chi connectivity index (χ1) is 10.7. The summed E-state index contributed by atoms with van der Waals surface area (Å²) in [5, 5.41) is 3.28. The molecule has 1 saturated carbocycles. The van der Waals surface area contributed by atoms with Crippen LogP contribution in [0.5, 0.6) is 0 Å². The minimum Gasteiger partial charge on any atom is -0.339 e. The van der Waals surface area contributed by atoms with Crippen molar-refractivity contribution >= 4 is 23.6 Å². The largest absolute Gasteiger partial charge is 0.339 e. The van der Waals surface area contributed by atoms with Crippen LogP contribution in [0.2, 0.25) is 0 Å². The summed E-state index contributed by atoms with van der Waals surface area (Å²) in [6, 6.07) is 0.166. The van der Waals surface area contributed by atoms with E-state index in [9.17, 15) is 9.59 Å². The van der Waals surface area contributed by atoms with Crippen LogP contribution >= 0.6 is 11.8 Å². The van der Waals surface area contributed by atoms with Crippen LogP contribution in [0.3, 0.4) is 0 Å². The van der Waals surface area contributed by atoms with Crippen molar-refractivity contribution in [1.82, 2.24) is 15.1 Å². The number of amides is 2. The fourth-order valence-corrected chi connectivity index (χ4v) is 5.05. The summed E-state index contributed by atoms with van der Waals surface area (Å²) < 4.78 is 0. The molecule has 6 heteroatoms. The first kappa shape index (κ1) is 16.1. The Hall–Kier alpha value is -0.750. The predicted octanol–water partition coefficient (Wildman–Crippen LogP) is 1.29. The molecule has 5 nitrogen and oxygen atoms in total. The number of hydrogen-bond donors (Lipinski definition) is 1. The van der Waals surface area contributed by atoms with Gasteiger partial charge in [-0.25, -0.2) is 0 Å². The van der Waals surface area contributed by atoms with Gasteiger partial charge in [-0.2, -0.15) is 0 Å². The fraction of sp³-hybridized carbons (Fsp3) is 0.875. The molecule has 3 rings (SSSR count). The molecule has 2 saturated heterocycles. The van der Waals surface area contributed by atoms with E-state index in [-0.39, 0.29) is 23.8 Å². The van der Waals surface area contributed by atoms with Gasteiger partial charge < -0.3 is 15.1 Å². The molecule has 2 unspecified atom stereocenters. The molecule has 0 bridgehead atoms. The Morgan fingerprint density at radius 3 is 2.59 bits per heavy atom. The molecule has 2 atom stereocenters. The third kappa shape index (κ3) is 3.27. The molecule has 3 fully saturated rings. The number of rotatable bonds is 3. The smallest absolute Gasteiger partial charge is 0.246 e. The second-order valence-electron chi connectivity index (χ2n) is 6.72. The maximum Gasteiger partial charge on any atom is 0.246 e. The van der Waals surface area contributed by atoms with Crippen LogP contribution in [-0.4, -0.2) is 65.5 Å².